The Morgan fingerprint density at radius 3 is 2.44 bits per heavy atom. The Morgan fingerprint density at radius 1 is 1.22 bits per heavy atom. The molecule has 4 nitrogen and oxygen atoms in total. The summed E-state index contributed by atoms with van der Waals surface area (Å²) in [7, 11) is 0. The molecule has 0 spiro atoms. The Morgan fingerprint density at radius 2 is 1.89 bits per heavy atom. The molecular weight excluding hydrogens is 246 g/mol. The normalized spacial score (nSPS) is 12.6. The lowest BCUT2D eigenvalue weighted by atomic mass is 10.1. The Labute approximate surface area is 111 Å². The number of hydrogen-bond acceptors (Lipinski definition) is 5. The predicted octanol–water partition coefficient (Wildman–Crippen LogP) is 2.94. The Hall–Kier alpha value is -1.33. The first-order valence-corrected chi connectivity index (χ1v) is 6.97. The zero-order valence-electron chi connectivity index (χ0n) is 10.6. The van der Waals surface area contributed by atoms with Crippen molar-refractivity contribution in [2.45, 2.75) is 37.0 Å². The summed E-state index contributed by atoms with van der Waals surface area (Å²) >= 11 is 1.68. The standard InChI is InChI=1S/C13H17N3OS/c1-3-12-15-16-13(17-12)8-18-11-6-4-10(5-7-11)9(2)14/h4-7,9H,3,8,14H2,1-2H3. The number of aromatic nitrogens is 2. The average Bonchev–Trinajstić information content (AvgIpc) is 2.85. The van der Waals surface area contributed by atoms with Crippen LogP contribution in [-0.4, -0.2) is 10.2 Å². The van der Waals surface area contributed by atoms with E-state index < -0.39 is 0 Å². The van der Waals surface area contributed by atoms with E-state index in [1.165, 1.54) is 4.90 Å². The number of rotatable bonds is 5. The minimum absolute atomic E-state index is 0.0760. The number of benzene rings is 1. The Bertz CT molecular complexity index is 493. The van der Waals surface area contributed by atoms with E-state index >= 15 is 0 Å². The molecule has 18 heavy (non-hydrogen) atoms. The van der Waals surface area contributed by atoms with Crippen LogP contribution in [0.15, 0.2) is 33.6 Å². The van der Waals surface area contributed by atoms with Crippen molar-refractivity contribution in [2.75, 3.05) is 0 Å². The van der Waals surface area contributed by atoms with Crippen molar-refractivity contribution in [3.63, 3.8) is 0 Å². The van der Waals surface area contributed by atoms with E-state index in [-0.39, 0.29) is 6.04 Å². The summed E-state index contributed by atoms with van der Waals surface area (Å²) in [5, 5.41) is 7.93. The second-order valence-electron chi connectivity index (χ2n) is 4.09. The molecule has 1 aromatic carbocycles. The third-order valence-electron chi connectivity index (χ3n) is 2.58. The van der Waals surface area contributed by atoms with Gasteiger partial charge in [0.15, 0.2) is 0 Å². The number of aryl methyl sites for hydroxylation is 1. The average molecular weight is 263 g/mol. The molecule has 1 unspecified atom stereocenters. The molecule has 0 radical (unpaired) electrons. The van der Waals surface area contributed by atoms with Crippen molar-refractivity contribution in [2.24, 2.45) is 5.73 Å². The van der Waals surface area contributed by atoms with Crippen LogP contribution in [0.5, 0.6) is 0 Å². The van der Waals surface area contributed by atoms with E-state index in [9.17, 15) is 0 Å². The number of nitrogens with zero attached hydrogens (tertiary/aromatic N) is 2. The predicted molar refractivity (Wildman–Crippen MR) is 72.3 cm³/mol. The SMILES string of the molecule is CCc1nnc(CSc2ccc(C(C)N)cc2)o1. The van der Waals surface area contributed by atoms with Gasteiger partial charge in [-0.3, -0.25) is 0 Å². The quantitative estimate of drug-likeness (QED) is 0.840. The molecule has 5 heteroatoms. The topological polar surface area (TPSA) is 64.9 Å². The van der Waals surface area contributed by atoms with Crippen molar-refractivity contribution < 1.29 is 4.42 Å². The largest absolute Gasteiger partial charge is 0.424 e. The molecule has 0 bridgehead atoms. The van der Waals surface area contributed by atoms with Crippen LogP contribution in [0.4, 0.5) is 0 Å². The summed E-state index contributed by atoms with van der Waals surface area (Å²) in [6.07, 6.45) is 0.779. The van der Waals surface area contributed by atoms with Gasteiger partial charge in [0, 0.05) is 17.4 Å². The van der Waals surface area contributed by atoms with Crippen LogP contribution >= 0.6 is 11.8 Å². The number of thioether (sulfide) groups is 1. The van der Waals surface area contributed by atoms with Gasteiger partial charge in [-0.15, -0.1) is 22.0 Å². The molecule has 2 N–H and O–H groups in total. The monoisotopic (exact) mass is 263 g/mol. The highest BCUT2D eigenvalue weighted by atomic mass is 32.2. The lowest BCUT2D eigenvalue weighted by Crippen LogP contribution is -2.04. The van der Waals surface area contributed by atoms with Crippen LogP contribution < -0.4 is 5.73 Å². The first-order valence-electron chi connectivity index (χ1n) is 5.98. The maximum absolute atomic E-state index is 5.81. The van der Waals surface area contributed by atoms with E-state index in [0.717, 1.165) is 12.0 Å². The van der Waals surface area contributed by atoms with Gasteiger partial charge >= 0.3 is 0 Å². The molecule has 0 aliphatic rings. The molecule has 1 aromatic heterocycles. The molecule has 0 fully saturated rings. The fourth-order valence-corrected chi connectivity index (χ4v) is 2.24. The highest BCUT2D eigenvalue weighted by Gasteiger charge is 2.05. The fraction of sp³-hybridized carbons (Fsp3) is 0.385. The van der Waals surface area contributed by atoms with E-state index in [0.29, 0.717) is 17.5 Å². The van der Waals surface area contributed by atoms with Crippen LogP contribution in [0.2, 0.25) is 0 Å². The summed E-state index contributed by atoms with van der Waals surface area (Å²) in [5.41, 5.74) is 6.95. The zero-order valence-corrected chi connectivity index (χ0v) is 11.4. The molecule has 0 amide bonds. The molecule has 2 aromatic rings. The minimum atomic E-state index is 0.0760. The Kier molecular flexibility index (Phi) is 4.38. The Balaban J connectivity index is 1.93. The molecule has 0 aliphatic carbocycles. The van der Waals surface area contributed by atoms with Gasteiger partial charge in [0.05, 0.1) is 5.75 Å². The fourth-order valence-electron chi connectivity index (χ4n) is 1.50. The maximum Gasteiger partial charge on any atom is 0.226 e. The maximum atomic E-state index is 5.81. The van der Waals surface area contributed by atoms with Crippen LogP contribution in [0, 0.1) is 0 Å². The van der Waals surface area contributed by atoms with Crippen LogP contribution in [-0.2, 0) is 12.2 Å². The van der Waals surface area contributed by atoms with Gasteiger partial charge < -0.3 is 10.2 Å². The van der Waals surface area contributed by atoms with Crippen LogP contribution in [0.1, 0.15) is 37.2 Å². The molecule has 0 aliphatic heterocycles. The first kappa shape index (κ1) is 13.1. The van der Waals surface area contributed by atoms with Gasteiger partial charge in [-0.25, -0.2) is 0 Å². The smallest absolute Gasteiger partial charge is 0.226 e. The third kappa shape index (κ3) is 3.34. The molecule has 1 heterocycles. The second kappa shape index (κ2) is 6.02. The molecule has 1 atom stereocenters. The first-order chi connectivity index (χ1) is 8.69. The minimum Gasteiger partial charge on any atom is -0.424 e. The van der Waals surface area contributed by atoms with Crippen LogP contribution in [0.25, 0.3) is 0 Å². The lowest BCUT2D eigenvalue weighted by Gasteiger charge is -2.05. The van der Waals surface area contributed by atoms with Crippen molar-refractivity contribution in [1.29, 1.82) is 0 Å². The highest BCUT2D eigenvalue weighted by molar-refractivity contribution is 7.98. The third-order valence-corrected chi connectivity index (χ3v) is 3.58. The van der Waals surface area contributed by atoms with Gasteiger partial charge in [-0.1, -0.05) is 19.1 Å². The van der Waals surface area contributed by atoms with Crippen molar-refractivity contribution in [1.82, 2.24) is 10.2 Å². The summed E-state index contributed by atoms with van der Waals surface area (Å²) in [5.74, 6) is 2.07. The summed E-state index contributed by atoms with van der Waals surface area (Å²) < 4.78 is 5.45. The van der Waals surface area contributed by atoms with E-state index in [4.69, 9.17) is 10.2 Å². The zero-order chi connectivity index (χ0) is 13.0. The van der Waals surface area contributed by atoms with Gasteiger partial charge in [0.1, 0.15) is 0 Å². The molecular formula is C13H17N3OS. The highest BCUT2D eigenvalue weighted by Crippen LogP contribution is 2.23. The van der Waals surface area contributed by atoms with Gasteiger partial charge in [0.25, 0.3) is 0 Å². The number of hydrogen-bond donors (Lipinski definition) is 1. The van der Waals surface area contributed by atoms with Crippen LogP contribution in [0.3, 0.4) is 0 Å². The number of nitrogens with two attached hydrogens (primary N) is 1. The van der Waals surface area contributed by atoms with Crippen molar-refractivity contribution in [3.05, 3.63) is 41.6 Å². The van der Waals surface area contributed by atoms with E-state index in [1.54, 1.807) is 11.8 Å². The summed E-state index contributed by atoms with van der Waals surface area (Å²) in [4.78, 5) is 1.18. The van der Waals surface area contributed by atoms with E-state index in [1.807, 2.05) is 13.8 Å². The molecule has 0 saturated carbocycles. The molecule has 0 saturated heterocycles. The van der Waals surface area contributed by atoms with Gasteiger partial charge in [-0.2, -0.15) is 0 Å². The molecule has 2 rings (SSSR count). The summed E-state index contributed by atoms with van der Waals surface area (Å²) in [6, 6.07) is 8.32. The summed E-state index contributed by atoms with van der Waals surface area (Å²) in [6.45, 7) is 3.98. The second-order valence-corrected chi connectivity index (χ2v) is 5.14. The van der Waals surface area contributed by atoms with Gasteiger partial charge in [-0.05, 0) is 24.6 Å². The molecule has 96 valence electrons. The van der Waals surface area contributed by atoms with Crippen molar-refractivity contribution >= 4 is 11.8 Å². The van der Waals surface area contributed by atoms with Crippen molar-refractivity contribution in [3.8, 4) is 0 Å². The van der Waals surface area contributed by atoms with Gasteiger partial charge in [0.2, 0.25) is 11.8 Å². The lowest BCUT2D eigenvalue weighted by molar-refractivity contribution is 0.470. The van der Waals surface area contributed by atoms with E-state index in [2.05, 4.69) is 34.5 Å².